The van der Waals surface area contributed by atoms with E-state index in [2.05, 4.69) is 9.88 Å². The van der Waals surface area contributed by atoms with Gasteiger partial charge in [0.25, 0.3) is 0 Å². The molecular weight excluding hydrogens is 492 g/mol. The maximum absolute atomic E-state index is 13.8. The van der Waals surface area contributed by atoms with Crippen molar-refractivity contribution in [2.24, 2.45) is 0 Å². The molecule has 1 N–H and O–H groups in total. The van der Waals surface area contributed by atoms with Crippen LogP contribution in [-0.4, -0.2) is 59.7 Å². The van der Waals surface area contributed by atoms with E-state index in [0.29, 0.717) is 31.1 Å². The van der Waals surface area contributed by atoms with E-state index in [0.717, 1.165) is 17.0 Å². The molecule has 200 valence electrons. The molecule has 2 heterocycles. The van der Waals surface area contributed by atoms with Gasteiger partial charge in [-0.25, -0.2) is 4.79 Å². The smallest absolute Gasteiger partial charge is 0.322 e. The van der Waals surface area contributed by atoms with Crippen LogP contribution in [0.15, 0.2) is 103 Å². The Bertz CT molecular complexity index is 1390. The first-order chi connectivity index (χ1) is 19.1. The highest BCUT2D eigenvalue weighted by atomic mass is 16.5. The lowest BCUT2D eigenvalue weighted by molar-refractivity contribution is -0.134. The van der Waals surface area contributed by atoms with Gasteiger partial charge in [0.2, 0.25) is 5.91 Å². The quantitative estimate of drug-likeness (QED) is 0.318. The lowest BCUT2D eigenvalue weighted by Crippen LogP contribution is -2.49. The van der Waals surface area contributed by atoms with Crippen LogP contribution in [0.25, 0.3) is 0 Å². The van der Waals surface area contributed by atoms with Crippen molar-refractivity contribution >= 4 is 17.6 Å². The topological polar surface area (TPSA) is 76.0 Å². The summed E-state index contributed by atoms with van der Waals surface area (Å²) in [7, 11) is 1.58. The molecule has 0 saturated heterocycles. The van der Waals surface area contributed by atoms with E-state index >= 15 is 0 Å². The molecule has 1 aromatic heterocycles. The number of amides is 3. The molecule has 39 heavy (non-hydrogen) atoms. The summed E-state index contributed by atoms with van der Waals surface area (Å²) in [5, 5.41) is 2.88. The number of rotatable bonds is 9. The largest absolute Gasteiger partial charge is 0.457 e. The summed E-state index contributed by atoms with van der Waals surface area (Å²) < 4.78 is 13.5. The van der Waals surface area contributed by atoms with Gasteiger partial charge < -0.3 is 29.2 Å². The fourth-order valence-corrected chi connectivity index (χ4v) is 4.81. The van der Waals surface area contributed by atoms with E-state index in [4.69, 9.17) is 9.47 Å². The lowest BCUT2D eigenvalue weighted by Gasteiger charge is -2.38. The Morgan fingerprint density at radius 2 is 1.64 bits per heavy atom. The highest BCUT2D eigenvalue weighted by molar-refractivity contribution is 5.92. The maximum Gasteiger partial charge on any atom is 0.322 e. The number of fused-ring (bicyclic) bond motifs is 1. The molecular formula is C31H32N4O4. The van der Waals surface area contributed by atoms with E-state index < -0.39 is 0 Å². The second kappa shape index (κ2) is 12.3. The molecule has 5 rings (SSSR count). The maximum atomic E-state index is 13.8. The Morgan fingerprint density at radius 1 is 0.897 bits per heavy atom. The summed E-state index contributed by atoms with van der Waals surface area (Å²) in [5.74, 6) is 1.30. The number of ether oxygens (including phenoxy) is 2. The number of para-hydroxylation sites is 2. The summed E-state index contributed by atoms with van der Waals surface area (Å²) in [4.78, 5) is 30.3. The van der Waals surface area contributed by atoms with Gasteiger partial charge in [0.15, 0.2) is 0 Å². The summed E-state index contributed by atoms with van der Waals surface area (Å²) in [5.41, 5.74) is 2.62. The number of hydrogen-bond acceptors (Lipinski definition) is 4. The van der Waals surface area contributed by atoms with Crippen LogP contribution in [0.1, 0.15) is 17.3 Å². The fourth-order valence-electron chi connectivity index (χ4n) is 4.81. The van der Waals surface area contributed by atoms with Crippen LogP contribution in [0.3, 0.4) is 0 Å². The Kier molecular flexibility index (Phi) is 8.23. The molecule has 0 radical (unpaired) electrons. The van der Waals surface area contributed by atoms with E-state index in [1.54, 1.807) is 7.11 Å². The summed E-state index contributed by atoms with van der Waals surface area (Å²) in [6.07, 6.45) is 2.03. The summed E-state index contributed by atoms with van der Waals surface area (Å²) >= 11 is 0. The first kappa shape index (κ1) is 26.1. The van der Waals surface area contributed by atoms with Crippen molar-refractivity contribution in [1.82, 2.24) is 14.4 Å². The molecule has 1 aliphatic rings. The molecule has 0 aliphatic carbocycles. The third-order valence-corrected chi connectivity index (χ3v) is 6.72. The second-order valence-electron chi connectivity index (χ2n) is 9.31. The number of carbonyl (C=O) groups excluding carboxylic acids is 2. The highest BCUT2D eigenvalue weighted by Crippen LogP contribution is 2.35. The van der Waals surface area contributed by atoms with Crippen molar-refractivity contribution < 1.29 is 19.1 Å². The van der Waals surface area contributed by atoms with Gasteiger partial charge in [-0.15, -0.1) is 0 Å². The zero-order valence-corrected chi connectivity index (χ0v) is 21.9. The van der Waals surface area contributed by atoms with Gasteiger partial charge in [0.1, 0.15) is 18.0 Å². The normalized spacial score (nSPS) is 14.4. The SMILES string of the molecule is COCCN(CC(=O)N1CCn2cccc2[C@@H]1c1cccc(Oc2ccccc2)c1)C(=O)Nc1ccccc1. The number of nitrogens with one attached hydrogen (secondary N) is 1. The Morgan fingerprint density at radius 3 is 2.41 bits per heavy atom. The minimum atomic E-state index is -0.346. The van der Waals surface area contributed by atoms with Crippen molar-refractivity contribution in [2.45, 2.75) is 12.6 Å². The van der Waals surface area contributed by atoms with E-state index in [1.165, 1.54) is 4.90 Å². The monoisotopic (exact) mass is 524 g/mol. The van der Waals surface area contributed by atoms with Gasteiger partial charge in [0.05, 0.1) is 12.6 Å². The van der Waals surface area contributed by atoms with E-state index in [-0.39, 0.29) is 31.1 Å². The molecule has 0 fully saturated rings. The highest BCUT2D eigenvalue weighted by Gasteiger charge is 2.33. The van der Waals surface area contributed by atoms with Gasteiger partial charge in [-0.1, -0.05) is 48.5 Å². The molecule has 1 aliphatic heterocycles. The average molecular weight is 525 g/mol. The second-order valence-corrected chi connectivity index (χ2v) is 9.31. The summed E-state index contributed by atoms with van der Waals surface area (Å²) in [6, 6.07) is 30.0. The Balaban J connectivity index is 1.39. The zero-order chi connectivity index (χ0) is 27.0. The van der Waals surface area contributed by atoms with Crippen LogP contribution in [0, 0.1) is 0 Å². The number of anilines is 1. The van der Waals surface area contributed by atoms with Crippen LogP contribution < -0.4 is 10.1 Å². The average Bonchev–Trinajstić information content (AvgIpc) is 3.45. The Hall–Kier alpha value is -4.56. The number of carbonyl (C=O) groups is 2. The number of hydrogen-bond donors (Lipinski definition) is 1. The predicted molar refractivity (Wildman–Crippen MR) is 150 cm³/mol. The van der Waals surface area contributed by atoms with Gasteiger partial charge in [-0.2, -0.15) is 0 Å². The summed E-state index contributed by atoms with van der Waals surface area (Å²) in [6.45, 7) is 1.74. The van der Waals surface area contributed by atoms with Crippen LogP contribution in [0.5, 0.6) is 11.5 Å². The lowest BCUT2D eigenvalue weighted by atomic mass is 9.99. The molecule has 0 saturated carbocycles. The van der Waals surface area contributed by atoms with Crippen molar-refractivity contribution in [3.63, 3.8) is 0 Å². The fraction of sp³-hybridized carbons (Fsp3) is 0.226. The van der Waals surface area contributed by atoms with Crippen molar-refractivity contribution in [3.8, 4) is 11.5 Å². The van der Waals surface area contributed by atoms with Gasteiger partial charge in [-0.05, 0) is 54.1 Å². The number of nitrogens with zero attached hydrogens (tertiary/aromatic N) is 3. The first-order valence-electron chi connectivity index (χ1n) is 13.0. The molecule has 0 unspecified atom stereocenters. The number of aromatic nitrogens is 1. The molecule has 3 aromatic carbocycles. The first-order valence-corrected chi connectivity index (χ1v) is 13.0. The van der Waals surface area contributed by atoms with Gasteiger partial charge in [0, 0.05) is 44.3 Å². The minimum Gasteiger partial charge on any atom is -0.457 e. The molecule has 8 nitrogen and oxygen atoms in total. The van der Waals surface area contributed by atoms with Crippen molar-refractivity contribution in [2.75, 3.05) is 38.7 Å². The predicted octanol–water partition coefficient (Wildman–Crippen LogP) is 5.39. The van der Waals surface area contributed by atoms with Crippen molar-refractivity contribution in [1.29, 1.82) is 0 Å². The number of benzene rings is 3. The van der Waals surface area contributed by atoms with Crippen LogP contribution in [0.4, 0.5) is 10.5 Å². The number of urea groups is 1. The minimum absolute atomic E-state index is 0.0700. The third kappa shape index (κ3) is 6.30. The molecule has 4 aromatic rings. The number of methoxy groups -OCH3 is 1. The third-order valence-electron chi connectivity index (χ3n) is 6.72. The zero-order valence-electron chi connectivity index (χ0n) is 21.9. The van der Waals surface area contributed by atoms with Crippen LogP contribution in [-0.2, 0) is 16.1 Å². The molecule has 0 spiro atoms. The van der Waals surface area contributed by atoms with Gasteiger partial charge in [-0.3, -0.25) is 4.79 Å². The molecule has 1 atom stereocenters. The molecule has 3 amide bonds. The molecule has 8 heteroatoms. The van der Waals surface area contributed by atoms with Crippen LogP contribution in [0.2, 0.25) is 0 Å². The Labute approximate surface area is 228 Å². The van der Waals surface area contributed by atoms with E-state index in [1.807, 2.05) is 108 Å². The standard InChI is InChI=1S/C31H32N4O4/c1-38-21-20-34(31(37)32-25-11-4-2-5-12-25)23-29(36)35-19-18-33-17-9-16-28(33)30(35)24-10-8-15-27(22-24)39-26-13-6-3-7-14-26/h2-17,22,30H,18-21,23H2,1H3,(H,32,37)/t30-/m0/s1. The molecule has 0 bridgehead atoms. The van der Waals surface area contributed by atoms with E-state index in [9.17, 15) is 9.59 Å². The van der Waals surface area contributed by atoms with Crippen molar-refractivity contribution in [3.05, 3.63) is 115 Å². The van der Waals surface area contributed by atoms with Gasteiger partial charge >= 0.3 is 6.03 Å². The van der Waals surface area contributed by atoms with Crippen LogP contribution >= 0.6 is 0 Å².